The molecule has 5 rings (SSSR count). The van der Waals surface area contributed by atoms with Crippen LogP contribution in [0.25, 0.3) is 11.0 Å². The zero-order valence-electron chi connectivity index (χ0n) is 19.5. The highest BCUT2D eigenvalue weighted by Gasteiger charge is 2.23. The molecule has 172 valence electrons. The molecule has 0 saturated carbocycles. The number of amides is 1. The van der Waals surface area contributed by atoms with Crippen molar-refractivity contribution < 1.29 is 4.79 Å². The first kappa shape index (κ1) is 22.1. The maximum absolute atomic E-state index is 13.1. The van der Waals surface area contributed by atoms with E-state index in [9.17, 15) is 9.59 Å². The van der Waals surface area contributed by atoms with Crippen molar-refractivity contribution in [2.24, 2.45) is 5.92 Å². The fourth-order valence-corrected chi connectivity index (χ4v) is 4.88. The van der Waals surface area contributed by atoms with Crippen molar-refractivity contribution in [2.75, 3.05) is 13.1 Å². The molecule has 0 atom stereocenters. The average Bonchev–Trinajstić information content (AvgIpc) is 2.88. The van der Waals surface area contributed by atoms with Crippen molar-refractivity contribution in [3.05, 3.63) is 112 Å². The van der Waals surface area contributed by atoms with Crippen molar-refractivity contribution in [3.63, 3.8) is 0 Å². The number of nitrogens with zero attached hydrogens (tertiary/aromatic N) is 3. The van der Waals surface area contributed by atoms with Gasteiger partial charge in [-0.25, -0.2) is 4.98 Å². The summed E-state index contributed by atoms with van der Waals surface area (Å²) in [6.07, 6.45) is 3.16. The summed E-state index contributed by atoms with van der Waals surface area (Å²) in [5.74, 6) is 0.720. The molecule has 1 aromatic heterocycles. The van der Waals surface area contributed by atoms with Gasteiger partial charge in [-0.3, -0.25) is 9.59 Å². The molecule has 34 heavy (non-hydrogen) atoms. The van der Waals surface area contributed by atoms with E-state index in [1.165, 1.54) is 5.56 Å². The number of piperidine rings is 1. The first-order valence-corrected chi connectivity index (χ1v) is 12.0. The van der Waals surface area contributed by atoms with Crippen molar-refractivity contribution in [1.29, 1.82) is 0 Å². The predicted octanol–water partition coefficient (Wildman–Crippen LogP) is 4.85. The Morgan fingerprint density at radius 2 is 1.56 bits per heavy atom. The number of carbonyl (C=O) groups excluding carboxylic acids is 1. The standard InChI is InChI=1S/C29H29N3O2/c1-21-28(33)32(27-10-6-5-9-26(27)30-21)20-24-11-13-25(14-12-24)29(34)31-17-15-23(16-18-31)19-22-7-3-2-4-8-22/h2-14,23H,15-20H2,1H3. The first-order valence-electron chi connectivity index (χ1n) is 12.0. The third kappa shape index (κ3) is 4.65. The molecule has 3 aromatic carbocycles. The summed E-state index contributed by atoms with van der Waals surface area (Å²) < 4.78 is 1.76. The van der Waals surface area contributed by atoms with Gasteiger partial charge in [0.1, 0.15) is 5.69 Å². The molecule has 2 heterocycles. The lowest BCUT2D eigenvalue weighted by molar-refractivity contribution is 0.0690. The lowest BCUT2D eigenvalue weighted by Crippen LogP contribution is -2.38. The van der Waals surface area contributed by atoms with Gasteiger partial charge in [-0.1, -0.05) is 54.6 Å². The molecule has 0 unspecified atom stereocenters. The van der Waals surface area contributed by atoms with E-state index < -0.39 is 0 Å². The zero-order chi connectivity index (χ0) is 23.5. The summed E-state index contributed by atoms with van der Waals surface area (Å²) in [6.45, 7) is 3.80. The molecule has 5 heteroatoms. The molecule has 1 amide bonds. The summed E-state index contributed by atoms with van der Waals surface area (Å²) in [6, 6.07) is 25.9. The van der Waals surface area contributed by atoms with Crippen LogP contribution in [0.2, 0.25) is 0 Å². The summed E-state index contributed by atoms with van der Waals surface area (Å²) in [4.78, 5) is 32.2. The maximum atomic E-state index is 13.1. The predicted molar refractivity (Wildman–Crippen MR) is 135 cm³/mol. The van der Waals surface area contributed by atoms with Gasteiger partial charge in [-0.05, 0) is 67.5 Å². The number of hydrogen-bond acceptors (Lipinski definition) is 3. The van der Waals surface area contributed by atoms with Crippen molar-refractivity contribution in [3.8, 4) is 0 Å². The maximum Gasteiger partial charge on any atom is 0.272 e. The Morgan fingerprint density at radius 3 is 2.29 bits per heavy atom. The fourth-order valence-electron chi connectivity index (χ4n) is 4.88. The van der Waals surface area contributed by atoms with Crippen LogP contribution >= 0.6 is 0 Å². The van der Waals surface area contributed by atoms with E-state index >= 15 is 0 Å². The first-order chi connectivity index (χ1) is 16.6. The van der Waals surface area contributed by atoms with E-state index in [2.05, 4.69) is 35.3 Å². The summed E-state index contributed by atoms with van der Waals surface area (Å²) in [7, 11) is 0. The van der Waals surface area contributed by atoms with Gasteiger partial charge in [0.2, 0.25) is 0 Å². The summed E-state index contributed by atoms with van der Waals surface area (Å²) >= 11 is 0. The van der Waals surface area contributed by atoms with Gasteiger partial charge in [0.25, 0.3) is 11.5 Å². The number of aromatic nitrogens is 2. The smallest absolute Gasteiger partial charge is 0.272 e. The molecule has 1 fully saturated rings. The minimum absolute atomic E-state index is 0.0859. The van der Waals surface area contributed by atoms with E-state index in [0.29, 0.717) is 23.7 Å². The SMILES string of the molecule is Cc1nc2ccccc2n(Cc2ccc(C(=O)N3CCC(Cc4ccccc4)CC3)cc2)c1=O. The fraction of sp³-hybridized carbons (Fsp3) is 0.276. The van der Waals surface area contributed by atoms with Gasteiger partial charge in [-0.15, -0.1) is 0 Å². The van der Waals surface area contributed by atoms with Crippen LogP contribution in [0.5, 0.6) is 0 Å². The third-order valence-corrected chi connectivity index (χ3v) is 6.83. The second kappa shape index (κ2) is 9.64. The molecular weight excluding hydrogens is 422 g/mol. The van der Waals surface area contributed by atoms with E-state index in [4.69, 9.17) is 0 Å². The summed E-state index contributed by atoms with van der Waals surface area (Å²) in [5.41, 5.74) is 5.08. The van der Waals surface area contributed by atoms with Gasteiger partial charge >= 0.3 is 0 Å². The van der Waals surface area contributed by atoms with E-state index in [0.717, 1.165) is 48.9 Å². The Hall–Kier alpha value is -3.73. The molecule has 0 aliphatic carbocycles. The second-order valence-corrected chi connectivity index (χ2v) is 9.20. The van der Waals surface area contributed by atoms with Crippen molar-refractivity contribution in [2.45, 2.75) is 32.7 Å². The zero-order valence-corrected chi connectivity index (χ0v) is 19.5. The number of likely N-dealkylation sites (tertiary alicyclic amines) is 1. The van der Waals surface area contributed by atoms with Crippen molar-refractivity contribution >= 4 is 16.9 Å². The van der Waals surface area contributed by atoms with Crippen LogP contribution < -0.4 is 5.56 Å². The molecule has 4 aromatic rings. The topological polar surface area (TPSA) is 55.2 Å². The lowest BCUT2D eigenvalue weighted by atomic mass is 9.90. The number of hydrogen-bond donors (Lipinski definition) is 0. The average molecular weight is 452 g/mol. The van der Waals surface area contributed by atoms with Crippen LogP contribution in [0, 0.1) is 12.8 Å². The van der Waals surface area contributed by atoms with Crippen LogP contribution in [-0.2, 0) is 13.0 Å². The van der Waals surface area contributed by atoms with Gasteiger partial charge in [0, 0.05) is 18.7 Å². The monoisotopic (exact) mass is 451 g/mol. The molecule has 0 spiro atoms. The number of aryl methyl sites for hydroxylation is 1. The number of rotatable bonds is 5. The largest absolute Gasteiger partial charge is 0.339 e. The highest BCUT2D eigenvalue weighted by Crippen LogP contribution is 2.23. The highest BCUT2D eigenvalue weighted by atomic mass is 16.2. The number of fused-ring (bicyclic) bond motifs is 1. The molecule has 0 bridgehead atoms. The number of para-hydroxylation sites is 2. The van der Waals surface area contributed by atoms with Gasteiger partial charge < -0.3 is 9.47 Å². The minimum Gasteiger partial charge on any atom is -0.339 e. The molecule has 5 nitrogen and oxygen atoms in total. The van der Waals surface area contributed by atoms with E-state index in [1.807, 2.05) is 53.4 Å². The molecule has 1 aliphatic heterocycles. The molecule has 1 saturated heterocycles. The normalized spacial score (nSPS) is 14.4. The summed E-state index contributed by atoms with van der Waals surface area (Å²) in [5, 5.41) is 0. The molecule has 1 aliphatic rings. The molecular formula is C29H29N3O2. The highest BCUT2D eigenvalue weighted by molar-refractivity contribution is 5.94. The van der Waals surface area contributed by atoms with Crippen LogP contribution in [-0.4, -0.2) is 33.4 Å². The Morgan fingerprint density at radius 1 is 0.882 bits per heavy atom. The third-order valence-electron chi connectivity index (χ3n) is 6.83. The quantitative estimate of drug-likeness (QED) is 0.436. The minimum atomic E-state index is -0.0859. The van der Waals surface area contributed by atoms with Gasteiger partial charge in [0.05, 0.1) is 17.6 Å². The van der Waals surface area contributed by atoms with Crippen LogP contribution in [0.4, 0.5) is 0 Å². The van der Waals surface area contributed by atoms with E-state index in [-0.39, 0.29) is 11.5 Å². The van der Waals surface area contributed by atoms with Crippen LogP contribution in [0.15, 0.2) is 83.7 Å². The van der Waals surface area contributed by atoms with Gasteiger partial charge in [0.15, 0.2) is 0 Å². The molecule has 0 radical (unpaired) electrons. The van der Waals surface area contributed by atoms with Crippen molar-refractivity contribution in [1.82, 2.24) is 14.5 Å². The Kier molecular flexibility index (Phi) is 6.26. The number of benzene rings is 3. The Balaban J connectivity index is 1.25. The Labute approximate surface area is 199 Å². The number of carbonyl (C=O) groups is 1. The van der Waals surface area contributed by atoms with E-state index in [1.54, 1.807) is 11.5 Å². The van der Waals surface area contributed by atoms with Gasteiger partial charge in [-0.2, -0.15) is 0 Å². The molecule has 0 N–H and O–H groups in total. The second-order valence-electron chi connectivity index (χ2n) is 9.20. The lowest BCUT2D eigenvalue weighted by Gasteiger charge is -2.32. The van der Waals surface area contributed by atoms with Crippen LogP contribution in [0.1, 0.15) is 40.0 Å². The Bertz CT molecular complexity index is 1350. The van der Waals surface area contributed by atoms with Crippen LogP contribution in [0.3, 0.4) is 0 Å².